The quantitative estimate of drug-likeness (QED) is 0.367. The Kier molecular flexibility index (Phi) is 6.62. The monoisotopic (exact) mass is 528 g/mol. The average Bonchev–Trinajstić information content (AvgIpc) is 2.89. The fourth-order valence-corrected chi connectivity index (χ4v) is 5.61. The number of phenols is 1. The summed E-state index contributed by atoms with van der Waals surface area (Å²) in [4.78, 5) is 15.0. The molecule has 39 heavy (non-hydrogen) atoms. The molecule has 0 unspecified atom stereocenters. The summed E-state index contributed by atoms with van der Waals surface area (Å²) in [6.45, 7) is 11.1. The number of methoxy groups -OCH3 is 1. The highest BCUT2D eigenvalue weighted by Gasteiger charge is 2.33. The highest BCUT2D eigenvalue weighted by atomic mass is 19.1. The van der Waals surface area contributed by atoms with Gasteiger partial charge >= 0.3 is 0 Å². The minimum Gasteiger partial charge on any atom is -0.504 e. The number of nitrogens with one attached hydrogen (secondary N) is 1. The summed E-state index contributed by atoms with van der Waals surface area (Å²) >= 11 is 0. The Bertz CT molecular complexity index is 1550. The van der Waals surface area contributed by atoms with Crippen LogP contribution < -0.4 is 14.8 Å². The van der Waals surface area contributed by atoms with Crippen LogP contribution in [-0.4, -0.2) is 41.7 Å². The molecule has 0 spiro atoms. The molecule has 0 aromatic heterocycles. The van der Waals surface area contributed by atoms with Crippen molar-refractivity contribution in [2.45, 2.75) is 40.2 Å². The van der Waals surface area contributed by atoms with E-state index in [1.54, 1.807) is 23.1 Å². The minimum absolute atomic E-state index is 0.00751. The molecule has 0 bridgehead atoms. The maximum absolute atomic E-state index is 14.4. The zero-order valence-corrected chi connectivity index (χ0v) is 23.1. The zero-order valence-electron chi connectivity index (χ0n) is 23.1. The summed E-state index contributed by atoms with van der Waals surface area (Å²) < 4.78 is 26.5. The molecule has 0 aliphatic carbocycles. The number of rotatable bonds is 5. The molecular formula is C32H33FN2O4. The summed E-state index contributed by atoms with van der Waals surface area (Å²) in [5.74, 6) is 0.616. The topological polar surface area (TPSA) is 71.0 Å². The summed E-state index contributed by atoms with van der Waals surface area (Å²) in [7, 11) is 1.51. The Morgan fingerprint density at radius 2 is 1.85 bits per heavy atom. The van der Waals surface area contributed by atoms with Crippen molar-refractivity contribution in [3.63, 3.8) is 0 Å². The number of anilines is 1. The van der Waals surface area contributed by atoms with Crippen molar-refractivity contribution >= 4 is 29.0 Å². The van der Waals surface area contributed by atoms with Crippen molar-refractivity contribution in [1.82, 2.24) is 4.90 Å². The van der Waals surface area contributed by atoms with Gasteiger partial charge in [0.25, 0.3) is 5.91 Å². The van der Waals surface area contributed by atoms with E-state index in [2.05, 4.69) is 32.2 Å². The molecule has 5 rings (SSSR count). The molecule has 0 saturated heterocycles. The first-order valence-corrected chi connectivity index (χ1v) is 13.1. The third kappa shape index (κ3) is 4.52. The second-order valence-corrected chi connectivity index (χ2v) is 10.4. The molecule has 202 valence electrons. The number of aromatic hydroxyl groups is 1. The Morgan fingerprint density at radius 3 is 2.54 bits per heavy atom. The van der Waals surface area contributed by atoms with E-state index >= 15 is 0 Å². The number of ether oxygens (including phenoxy) is 2. The molecule has 2 heterocycles. The number of amides is 1. The zero-order chi connectivity index (χ0) is 28.1. The molecule has 2 aliphatic rings. The van der Waals surface area contributed by atoms with Gasteiger partial charge in [-0.2, -0.15) is 0 Å². The SMILES string of the molecule is CCN(CC)C(=O)c1cc(F)ccc1/C=C1\Oc2ccc(O)c(OC)c2-c2ccc3c(c21)C(C)=CC(C)(C)N3. The Hall–Kier alpha value is -4.26. The lowest BCUT2D eigenvalue weighted by molar-refractivity contribution is 0.0772. The lowest BCUT2D eigenvalue weighted by atomic mass is 9.82. The summed E-state index contributed by atoms with van der Waals surface area (Å²) in [6, 6.07) is 11.5. The number of carbonyl (C=O) groups is 1. The number of allylic oxidation sites excluding steroid dienone is 1. The second-order valence-electron chi connectivity index (χ2n) is 10.4. The first kappa shape index (κ1) is 26.4. The number of hydrogen-bond donors (Lipinski definition) is 2. The summed E-state index contributed by atoms with van der Waals surface area (Å²) in [5.41, 5.74) is 5.77. The normalized spacial score (nSPS) is 15.8. The van der Waals surface area contributed by atoms with Gasteiger partial charge in [0.1, 0.15) is 17.3 Å². The van der Waals surface area contributed by atoms with E-state index < -0.39 is 5.82 Å². The van der Waals surface area contributed by atoms with Crippen LogP contribution in [-0.2, 0) is 0 Å². The standard InChI is InChI=1S/C32H33FN2O4/c1-7-35(8-2)31(37)22-16-20(33)10-9-19(22)15-26-28-21(29-25(39-26)14-13-24(36)30(29)38-6)11-12-23-27(28)18(3)17-32(4,5)34-23/h9-17,34,36H,7-8H2,1-6H3/b26-15-. The number of phenolic OH excluding ortho intramolecular Hbond substituents is 1. The van der Waals surface area contributed by atoms with Crippen LogP contribution >= 0.6 is 0 Å². The van der Waals surface area contributed by atoms with Crippen LogP contribution in [0.4, 0.5) is 10.1 Å². The predicted octanol–water partition coefficient (Wildman–Crippen LogP) is 7.19. The molecule has 2 N–H and O–H groups in total. The van der Waals surface area contributed by atoms with Gasteiger partial charge in [-0.15, -0.1) is 0 Å². The Labute approximate surface area is 228 Å². The highest BCUT2D eigenvalue weighted by Crippen LogP contribution is 2.54. The molecule has 7 heteroatoms. The van der Waals surface area contributed by atoms with Crippen molar-refractivity contribution < 1.29 is 23.8 Å². The van der Waals surface area contributed by atoms with Crippen molar-refractivity contribution in [3.05, 3.63) is 76.6 Å². The van der Waals surface area contributed by atoms with Crippen LogP contribution in [0.25, 0.3) is 28.5 Å². The van der Waals surface area contributed by atoms with E-state index in [9.17, 15) is 14.3 Å². The van der Waals surface area contributed by atoms with Crippen LogP contribution in [0.1, 0.15) is 61.7 Å². The first-order valence-electron chi connectivity index (χ1n) is 13.1. The van der Waals surface area contributed by atoms with Crippen molar-refractivity contribution in [1.29, 1.82) is 0 Å². The van der Waals surface area contributed by atoms with Crippen LogP contribution in [0, 0.1) is 5.82 Å². The molecule has 3 aromatic rings. The van der Waals surface area contributed by atoms with Gasteiger partial charge in [0.15, 0.2) is 11.5 Å². The molecule has 0 radical (unpaired) electrons. The number of hydrogen-bond acceptors (Lipinski definition) is 5. The third-order valence-electron chi connectivity index (χ3n) is 7.26. The third-order valence-corrected chi connectivity index (χ3v) is 7.26. The van der Waals surface area contributed by atoms with E-state index in [4.69, 9.17) is 9.47 Å². The van der Waals surface area contributed by atoms with Gasteiger partial charge in [0, 0.05) is 41.0 Å². The maximum atomic E-state index is 14.4. The number of benzene rings is 3. The van der Waals surface area contributed by atoms with Crippen molar-refractivity contribution in [2.75, 3.05) is 25.5 Å². The Morgan fingerprint density at radius 1 is 1.10 bits per heavy atom. The number of halogens is 1. The molecule has 0 atom stereocenters. The maximum Gasteiger partial charge on any atom is 0.254 e. The van der Waals surface area contributed by atoms with Crippen molar-refractivity contribution in [2.24, 2.45) is 0 Å². The van der Waals surface area contributed by atoms with Crippen LogP contribution in [0.5, 0.6) is 17.2 Å². The van der Waals surface area contributed by atoms with Gasteiger partial charge in [-0.3, -0.25) is 4.79 Å². The van der Waals surface area contributed by atoms with Crippen LogP contribution in [0.3, 0.4) is 0 Å². The molecule has 0 fully saturated rings. The fraction of sp³-hybridized carbons (Fsp3) is 0.281. The van der Waals surface area contributed by atoms with Crippen LogP contribution in [0.2, 0.25) is 0 Å². The molecule has 2 aliphatic heterocycles. The fourth-order valence-electron chi connectivity index (χ4n) is 5.61. The van der Waals surface area contributed by atoms with Gasteiger partial charge in [-0.05, 0) is 82.2 Å². The lowest BCUT2D eigenvalue weighted by Crippen LogP contribution is -2.32. The number of carbonyl (C=O) groups excluding carboxylic acids is 1. The smallest absolute Gasteiger partial charge is 0.254 e. The van der Waals surface area contributed by atoms with Crippen LogP contribution in [0.15, 0.2) is 48.5 Å². The summed E-state index contributed by atoms with van der Waals surface area (Å²) in [6.07, 6.45) is 3.96. The van der Waals surface area contributed by atoms with E-state index in [0.717, 1.165) is 28.0 Å². The second kappa shape index (κ2) is 9.80. The number of fused-ring (bicyclic) bond motifs is 5. The van der Waals surface area contributed by atoms with Gasteiger partial charge in [0.2, 0.25) is 0 Å². The molecular weight excluding hydrogens is 495 g/mol. The van der Waals surface area contributed by atoms with Gasteiger partial charge in [-0.1, -0.05) is 18.2 Å². The summed E-state index contributed by atoms with van der Waals surface area (Å²) in [5, 5.41) is 14.2. The average molecular weight is 529 g/mol. The molecule has 0 saturated carbocycles. The van der Waals surface area contributed by atoms with E-state index in [-0.39, 0.29) is 22.8 Å². The highest BCUT2D eigenvalue weighted by molar-refractivity contribution is 6.04. The minimum atomic E-state index is -0.481. The van der Waals surface area contributed by atoms with Crippen molar-refractivity contribution in [3.8, 4) is 28.4 Å². The van der Waals surface area contributed by atoms with E-state index in [1.807, 2.05) is 26.0 Å². The van der Waals surface area contributed by atoms with Gasteiger partial charge in [0.05, 0.1) is 18.2 Å². The van der Waals surface area contributed by atoms with Gasteiger partial charge in [-0.25, -0.2) is 4.39 Å². The number of nitrogens with zero attached hydrogens (tertiary/aromatic N) is 1. The predicted molar refractivity (Wildman–Crippen MR) is 154 cm³/mol. The largest absolute Gasteiger partial charge is 0.504 e. The lowest BCUT2D eigenvalue weighted by Gasteiger charge is -2.35. The Balaban J connectivity index is 1.80. The molecule has 3 aromatic carbocycles. The first-order chi connectivity index (χ1) is 18.6. The molecule has 1 amide bonds. The van der Waals surface area contributed by atoms with E-state index in [1.165, 1.54) is 25.3 Å². The molecule has 6 nitrogen and oxygen atoms in total. The van der Waals surface area contributed by atoms with Gasteiger partial charge < -0.3 is 24.8 Å². The van der Waals surface area contributed by atoms with E-state index in [0.29, 0.717) is 41.5 Å².